The van der Waals surface area contributed by atoms with Crippen LogP contribution in [0.2, 0.25) is 5.02 Å². The first-order valence-electron chi connectivity index (χ1n) is 7.91. The van der Waals surface area contributed by atoms with Gasteiger partial charge in [-0.25, -0.2) is 4.99 Å². The van der Waals surface area contributed by atoms with Crippen molar-refractivity contribution in [2.45, 2.75) is 12.8 Å². The molecule has 0 spiro atoms. The van der Waals surface area contributed by atoms with Crippen molar-refractivity contribution in [1.29, 1.82) is 5.41 Å². The Bertz CT molecular complexity index is 851. The fourth-order valence-corrected chi connectivity index (χ4v) is 2.39. The number of allylic oxidation sites excluding steroid dienone is 1. The molecule has 0 aliphatic carbocycles. The minimum Gasteiger partial charge on any atom is -0.404 e. The smallest absolute Gasteiger partial charge is 0.404 e. The molecule has 28 heavy (non-hydrogen) atoms. The van der Waals surface area contributed by atoms with Crippen LogP contribution in [0.4, 0.5) is 13.2 Å². The van der Waals surface area contributed by atoms with Crippen molar-refractivity contribution >= 4 is 29.9 Å². The third-order valence-electron chi connectivity index (χ3n) is 3.42. The lowest BCUT2D eigenvalue weighted by Gasteiger charge is -2.15. The second-order valence-electron chi connectivity index (χ2n) is 5.50. The fraction of sp³-hybridized carbons (Fsp3) is 0.235. The standard InChI is InChI=1S/C17H16ClF3N4O3/c18-13-2-1-10(6-14(13)28-17(19,20)21)5-11-8-24-15(25-9-11)12(7-22)16(27)23-3-4-26/h1-2,6-9,22,24,26H,3-5H2,(H,23,27)/b15-12-,22-7?. The molecule has 11 heteroatoms. The number of nitrogens with zero attached hydrogens (tertiary/aromatic N) is 1. The van der Waals surface area contributed by atoms with Gasteiger partial charge in [0, 0.05) is 31.6 Å². The van der Waals surface area contributed by atoms with Gasteiger partial charge >= 0.3 is 6.36 Å². The van der Waals surface area contributed by atoms with Gasteiger partial charge in [-0.1, -0.05) is 17.7 Å². The second kappa shape index (κ2) is 9.38. The van der Waals surface area contributed by atoms with Crippen molar-refractivity contribution in [3.63, 3.8) is 0 Å². The largest absolute Gasteiger partial charge is 0.573 e. The van der Waals surface area contributed by atoms with E-state index in [1.165, 1.54) is 24.5 Å². The Hall–Kier alpha value is -2.85. The van der Waals surface area contributed by atoms with Gasteiger partial charge in [-0.3, -0.25) is 4.79 Å². The van der Waals surface area contributed by atoms with Crippen LogP contribution >= 0.6 is 11.6 Å². The lowest BCUT2D eigenvalue weighted by Crippen LogP contribution is -2.30. The van der Waals surface area contributed by atoms with Crippen molar-refractivity contribution in [2.24, 2.45) is 4.99 Å². The SMILES string of the molecule is N=C/C(C(=O)NCCO)=C1/N=CC(Cc2ccc(Cl)c(OC(F)(F)F)c2)=CN1. The zero-order valence-corrected chi connectivity index (χ0v) is 15.1. The summed E-state index contributed by atoms with van der Waals surface area (Å²) < 4.78 is 41.1. The van der Waals surface area contributed by atoms with Gasteiger partial charge in [0.1, 0.15) is 11.6 Å². The van der Waals surface area contributed by atoms with Gasteiger partial charge in [-0.05, 0) is 23.3 Å². The Balaban J connectivity index is 2.11. The van der Waals surface area contributed by atoms with Gasteiger partial charge in [0.25, 0.3) is 5.91 Å². The molecule has 0 fully saturated rings. The van der Waals surface area contributed by atoms with Gasteiger partial charge in [-0.2, -0.15) is 0 Å². The maximum Gasteiger partial charge on any atom is 0.573 e. The number of benzene rings is 1. The quantitative estimate of drug-likeness (QED) is 0.404. The number of rotatable bonds is 7. The molecule has 0 unspecified atom stereocenters. The van der Waals surface area contributed by atoms with Crippen LogP contribution in [-0.4, -0.2) is 43.0 Å². The molecule has 1 aromatic rings. The highest BCUT2D eigenvalue weighted by Crippen LogP contribution is 2.31. The molecule has 1 aliphatic heterocycles. The van der Waals surface area contributed by atoms with Crippen LogP contribution in [0.25, 0.3) is 0 Å². The summed E-state index contributed by atoms with van der Waals surface area (Å²) in [4.78, 5) is 16.0. The average molecular weight is 417 g/mol. The Kier molecular flexibility index (Phi) is 7.18. The summed E-state index contributed by atoms with van der Waals surface area (Å²) in [5.41, 5.74) is 1.08. The van der Waals surface area contributed by atoms with Crippen molar-refractivity contribution in [1.82, 2.24) is 10.6 Å². The topological polar surface area (TPSA) is 107 Å². The van der Waals surface area contributed by atoms with Crippen LogP contribution in [0, 0.1) is 5.41 Å². The van der Waals surface area contributed by atoms with E-state index in [0.717, 1.165) is 6.21 Å². The Labute approximate surface area is 163 Å². The summed E-state index contributed by atoms with van der Waals surface area (Å²) in [7, 11) is 0. The van der Waals surface area contributed by atoms with E-state index in [2.05, 4.69) is 20.4 Å². The van der Waals surface area contributed by atoms with E-state index in [4.69, 9.17) is 22.1 Å². The third-order valence-corrected chi connectivity index (χ3v) is 3.74. The predicted octanol–water partition coefficient (Wildman–Crippen LogP) is 2.31. The van der Waals surface area contributed by atoms with E-state index >= 15 is 0 Å². The Morgan fingerprint density at radius 2 is 2.18 bits per heavy atom. The number of aliphatic hydroxyl groups excluding tert-OH is 1. The second-order valence-corrected chi connectivity index (χ2v) is 5.90. The summed E-state index contributed by atoms with van der Waals surface area (Å²) in [6.45, 7) is -0.207. The highest BCUT2D eigenvalue weighted by Gasteiger charge is 2.32. The van der Waals surface area contributed by atoms with E-state index in [1.54, 1.807) is 6.07 Å². The number of hydrogen-bond donors (Lipinski definition) is 4. The average Bonchev–Trinajstić information content (AvgIpc) is 2.63. The first-order valence-corrected chi connectivity index (χ1v) is 8.29. The van der Waals surface area contributed by atoms with Crippen LogP contribution in [0.15, 0.2) is 46.4 Å². The van der Waals surface area contributed by atoms with Crippen molar-refractivity contribution in [3.8, 4) is 5.75 Å². The Morgan fingerprint density at radius 3 is 2.75 bits per heavy atom. The number of hydrogen-bond acceptors (Lipinski definition) is 6. The van der Waals surface area contributed by atoms with Gasteiger partial charge in [0.05, 0.1) is 17.2 Å². The normalized spacial score (nSPS) is 15.4. The number of alkyl halides is 3. The highest BCUT2D eigenvalue weighted by atomic mass is 35.5. The maximum absolute atomic E-state index is 12.4. The number of halogens is 4. The molecule has 0 saturated carbocycles. The molecule has 0 saturated heterocycles. The van der Waals surface area contributed by atoms with Gasteiger partial charge < -0.3 is 25.9 Å². The molecule has 1 heterocycles. The number of nitrogens with one attached hydrogen (secondary N) is 3. The van der Waals surface area contributed by atoms with Gasteiger partial charge in [0.15, 0.2) is 0 Å². The molecule has 0 atom stereocenters. The number of ether oxygens (including phenoxy) is 1. The Morgan fingerprint density at radius 1 is 1.43 bits per heavy atom. The van der Waals surface area contributed by atoms with E-state index in [0.29, 0.717) is 11.1 Å². The van der Waals surface area contributed by atoms with Gasteiger partial charge in [-0.15, -0.1) is 13.2 Å². The van der Waals surface area contributed by atoms with Crippen LogP contribution in [0.5, 0.6) is 5.75 Å². The van der Waals surface area contributed by atoms with E-state index in [1.807, 2.05) is 0 Å². The molecular weight excluding hydrogens is 401 g/mol. The van der Waals surface area contributed by atoms with Crippen LogP contribution in [0.3, 0.4) is 0 Å². The van der Waals surface area contributed by atoms with E-state index < -0.39 is 18.0 Å². The predicted molar refractivity (Wildman–Crippen MR) is 97.5 cm³/mol. The molecule has 7 nitrogen and oxygen atoms in total. The molecule has 4 N–H and O–H groups in total. The molecule has 2 rings (SSSR count). The fourth-order valence-electron chi connectivity index (χ4n) is 2.23. The maximum atomic E-state index is 12.4. The first-order chi connectivity index (χ1) is 13.2. The number of carbonyl (C=O) groups is 1. The molecule has 0 aromatic heterocycles. The van der Waals surface area contributed by atoms with Crippen LogP contribution in [0.1, 0.15) is 5.56 Å². The lowest BCUT2D eigenvalue weighted by atomic mass is 10.1. The van der Waals surface area contributed by atoms with E-state index in [9.17, 15) is 18.0 Å². The molecular formula is C17H16ClF3N4O3. The van der Waals surface area contributed by atoms with Crippen molar-refractivity contribution in [3.05, 3.63) is 52.0 Å². The first kappa shape index (κ1) is 21.5. The zero-order chi connectivity index (χ0) is 20.7. The molecule has 150 valence electrons. The van der Waals surface area contributed by atoms with Crippen LogP contribution in [-0.2, 0) is 11.2 Å². The number of aliphatic hydroxyl groups is 1. The third kappa shape index (κ3) is 6.10. The number of aliphatic imine (C=N–C) groups is 1. The molecule has 0 bridgehead atoms. The summed E-state index contributed by atoms with van der Waals surface area (Å²) >= 11 is 5.72. The number of carbonyl (C=O) groups excluding carboxylic acids is 1. The zero-order valence-electron chi connectivity index (χ0n) is 14.3. The molecule has 0 radical (unpaired) electrons. The van der Waals surface area contributed by atoms with Gasteiger partial charge in [0.2, 0.25) is 0 Å². The summed E-state index contributed by atoms with van der Waals surface area (Å²) in [6, 6.07) is 4.04. The summed E-state index contributed by atoms with van der Waals surface area (Å²) in [6.07, 6.45) is -0.858. The lowest BCUT2D eigenvalue weighted by molar-refractivity contribution is -0.274. The monoisotopic (exact) mass is 416 g/mol. The highest BCUT2D eigenvalue weighted by molar-refractivity contribution is 6.32. The minimum absolute atomic E-state index is 0.0349. The molecule has 1 aromatic carbocycles. The van der Waals surface area contributed by atoms with Crippen molar-refractivity contribution in [2.75, 3.05) is 13.2 Å². The minimum atomic E-state index is -4.85. The molecule has 1 aliphatic rings. The summed E-state index contributed by atoms with van der Waals surface area (Å²) in [5.74, 6) is -0.946. The van der Waals surface area contributed by atoms with Crippen molar-refractivity contribution < 1.29 is 27.8 Å². The number of amides is 1. The van der Waals surface area contributed by atoms with E-state index in [-0.39, 0.29) is 36.0 Å². The molecule has 1 amide bonds. The van der Waals surface area contributed by atoms with Crippen LogP contribution < -0.4 is 15.4 Å². The summed E-state index contributed by atoms with van der Waals surface area (Å²) in [5, 5.41) is 21.1.